The second kappa shape index (κ2) is 16.6. The number of rotatable bonds is 9. The lowest BCUT2D eigenvalue weighted by atomic mass is 9.86. The fourth-order valence-corrected chi connectivity index (χ4v) is 6.39. The summed E-state index contributed by atoms with van der Waals surface area (Å²) in [5.41, 5.74) is 4.82. The van der Waals surface area contributed by atoms with E-state index in [-0.39, 0.29) is 63.4 Å². The molecule has 0 saturated carbocycles. The molecule has 50 heavy (non-hydrogen) atoms. The summed E-state index contributed by atoms with van der Waals surface area (Å²) in [5, 5.41) is 15.4. The summed E-state index contributed by atoms with van der Waals surface area (Å²) in [6, 6.07) is 24.0. The number of hydrogen-bond acceptors (Lipinski definition) is 7. The number of ether oxygens (including phenoxy) is 2. The third kappa shape index (κ3) is 9.18. The molecule has 5 rings (SSSR count). The molecule has 0 aromatic heterocycles. The summed E-state index contributed by atoms with van der Waals surface area (Å²) in [6.45, 7) is 6.00. The van der Waals surface area contributed by atoms with Gasteiger partial charge in [-0.25, -0.2) is 9.59 Å². The van der Waals surface area contributed by atoms with E-state index in [1.807, 2.05) is 87.5 Å². The van der Waals surface area contributed by atoms with Gasteiger partial charge in [0.1, 0.15) is 19.3 Å². The zero-order chi connectivity index (χ0) is 35.7. The van der Waals surface area contributed by atoms with E-state index >= 15 is 0 Å². The number of benzene rings is 3. The summed E-state index contributed by atoms with van der Waals surface area (Å²) in [7, 11) is 0. The third-order valence-corrected chi connectivity index (χ3v) is 9.36. The van der Waals surface area contributed by atoms with Crippen LogP contribution in [0.25, 0.3) is 11.1 Å². The first-order valence-electron chi connectivity index (χ1n) is 17.2. The van der Waals surface area contributed by atoms with Crippen molar-refractivity contribution >= 4 is 23.9 Å². The van der Waals surface area contributed by atoms with Crippen molar-refractivity contribution in [1.29, 1.82) is 0 Å². The van der Waals surface area contributed by atoms with Crippen molar-refractivity contribution in [2.24, 2.45) is 11.3 Å². The quantitative estimate of drug-likeness (QED) is 0.205. The van der Waals surface area contributed by atoms with E-state index in [1.54, 1.807) is 17.1 Å². The second-order valence-electron chi connectivity index (χ2n) is 13.9. The Morgan fingerprint density at radius 1 is 0.920 bits per heavy atom. The first-order chi connectivity index (χ1) is 24.0. The highest BCUT2D eigenvalue weighted by Gasteiger charge is 2.34. The Morgan fingerprint density at radius 3 is 2.18 bits per heavy atom. The normalized spacial score (nSPS) is 20.2. The first-order valence-corrected chi connectivity index (χ1v) is 17.2. The Bertz CT molecular complexity index is 1640. The van der Waals surface area contributed by atoms with Gasteiger partial charge in [0.15, 0.2) is 0 Å². The topological polar surface area (TPSA) is 134 Å². The van der Waals surface area contributed by atoms with E-state index in [1.165, 1.54) is 0 Å². The van der Waals surface area contributed by atoms with Crippen LogP contribution in [-0.4, -0.2) is 72.3 Å². The van der Waals surface area contributed by atoms with Gasteiger partial charge in [-0.15, -0.1) is 0 Å². The van der Waals surface area contributed by atoms with Crippen LogP contribution < -0.4 is 10.6 Å². The molecule has 10 heteroatoms. The number of carbonyl (C=O) groups is 4. The third-order valence-electron chi connectivity index (χ3n) is 9.36. The summed E-state index contributed by atoms with van der Waals surface area (Å²) in [5.74, 6) is -2.05. The molecule has 0 bridgehead atoms. The number of carbonyl (C=O) groups excluding carboxylic acids is 4. The second-order valence-corrected chi connectivity index (χ2v) is 13.9. The highest BCUT2D eigenvalue weighted by molar-refractivity contribution is 5.86. The maximum absolute atomic E-state index is 13.6. The van der Waals surface area contributed by atoms with Crippen molar-refractivity contribution in [1.82, 2.24) is 15.5 Å². The predicted octanol–water partition coefficient (Wildman–Crippen LogP) is 5.35. The Hall–Kier alpha value is -4.96. The summed E-state index contributed by atoms with van der Waals surface area (Å²) in [6.07, 6.45) is 2.99. The number of cyclic esters (lactones) is 1. The van der Waals surface area contributed by atoms with Crippen LogP contribution in [0, 0.1) is 11.3 Å². The molecular weight excluding hydrogens is 634 g/mol. The standard InChI is InChI=1S/C40H47N3O7/c1-40(2,3)35-26-49-38(47)34(41-39(48)50-25-33-31-18-10-8-16-29(31)30-17-9-11-19-32(30)33)20-12-7-15-28(37(46)42-35)23-36(45)43(21-22-44)24-27-13-5-4-6-14-27/h4-14,16-19,28,33-35,44H,15,20-26H2,1-3H3,(H,41,48)(H,42,46)/b12-7-/t28-,34+,35+/m0/s1. The Balaban J connectivity index is 1.27. The van der Waals surface area contributed by atoms with Gasteiger partial charge in [-0.1, -0.05) is 112 Å². The van der Waals surface area contributed by atoms with Crippen LogP contribution in [0.3, 0.4) is 0 Å². The minimum Gasteiger partial charge on any atom is -0.462 e. The maximum Gasteiger partial charge on any atom is 0.407 e. The molecule has 3 aromatic rings. The molecule has 0 fully saturated rings. The number of esters is 1. The van der Waals surface area contributed by atoms with Gasteiger partial charge in [0.2, 0.25) is 11.8 Å². The highest BCUT2D eigenvalue weighted by atomic mass is 16.6. The van der Waals surface area contributed by atoms with Crippen molar-refractivity contribution < 1.29 is 33.8 Å². The first kappa shape index (κ1) is 36.3. The minimum absolute atomic E-state index is 0.0684. The van der Waals surface area contributed by atoms with Crippen LogP contribution in [-0.2, 0) is 30.4 Å². The number of aliphatic hydroxyl groups excluding tert-OH is 1. The van der Waals surface area contributed by atoms with Crippen molar-refractivity contribution in [3.05, 3.63) is 108 Å². The van der Waals surface area contributed by atoms with E-state index in [0.29, 0.717) is 6.54 Å². The van der Waals surface area contributed by atoms with Crippen LogP contribution in [0.4, 0.5) is 4.79 Å². The highest BCUT2D eigenvalue weighted by Crippen LogP contribution is 2.44. The molecule has 3 N–H and O–H groups in total. The predicted molar refractivity (Wildman–Crippen MR) is 190 cm³/mol. The molecule has 0 saturated heterocycles. The van der Waals surface area contributed by atoms with Gasteiger partial charge in [0.25, 0.3) is 0 Å². The number of aliphatic hydroxyl groups is 1. The Morgan fingerprint density at radius 2 is 1.54 bits per heavy atom. The van der Waals surface area contributed by atoms with E-state index in [4.69, 9.17) is 9.47 Å². The van der Waals surface area contributed by atoms with Gasteiger partial charge in [-0.05, 0) is 46.1 Å². The van der Waals surface area contributed by atoms with Gasteiger partial charge in [-0.2, -0.15) is 0 Å². The number of hydrogen-bond donors (Lipinski definition) is 3. The van der Waals surface area contributed by atoms with E-state index in [0.717, 1.165) is 27.8 Å². The number of nitrogens with zero attached hydrogens (tertiary/aromatic N) is 1. The van der Waals surface area contributed by atoms with Crippen molar-refractivity contribution in [2.75, 3.05) is 26.4 Å². The fourth-order valence-electron chi connectivity index (χ4n) is 6.39. The maximum atomic E-state index is 13.6. The average molecular weight is 682 g/mol. The smallest absolute Gasteiger partial charge is 0.407 e. The Labute approximate surface area is 293 Å². The molecule has 1 aliphatic carbocycles. The molecule has 1 aliphatic heterocycles. The van der Waals surface area contributed by atoms with Crippen LogP contribution >= 0.6 is 0 Å². The molecule has 2 aliphatic rings. The summed E-state index contributed by atoms with van der Waals surface area (Å²) >= 11 is 0. The number of amides is 3. The molecular formula is C40H47N3O7. The molecule has 0 unspecified atom stereocenters. The summed E-state index contributed by atoms with van der Waals surface area (Å²) in [4.78, 5) is 55.1. The van der Waals surface area contributed by atoms with Gasteiger partial charge in [0, 0.05) is 25.4 Å². The zero-order valence-corrected chi connectivity index (χ0v) is 29.0. The van der Waals surface area contributed by atoms with Crippen LogP contribution in [0.5, 0.6) is 0 Å². The van der Waals surface area contributed by atoms with Gasteiger partial charge >= 0.3 is 12.1 Å². The number of alkyl carbamates (subject to hydrolysis) is 1. The van der Waals surface area contributed by atoms with E-state index < -0.39 is 35.5 Å². The number of allylic oxidation sites excluding steroid dienone is 1. The lowest BCUT2D eigenvalue weighted by Crippen LogP contribution is -2.51. The van der Waals surface area contributed by atoms with Gasteiger partial charge in [0.05, 0.1) is 18.6 Å². The fraction of sp³-hybridized carbons (Fsp3) is 0.400. The van der Waals surface area contributed by atoms with E-state index in [9.17, 15) is 24.3 Å². The van der Waals surface area contributed by atoms with Crippen molar-refractivity contribution in [2.45, 2.75) is 64.6 Å². The lowest BCUT2D eigenvalue weighted by Gasteiger charge is -2.33. The van der Waals surface area contributed by atoms with Crippen molar-refractivity contribution in [3.8, 4) is 11.1 Å². The minimum atomic E-state index is -1.02. The molecule has 3 aromatic carbocycles. The van der Waals surface area contributed by atoms with E-state index in [2.05, 4.69) is 22.8 Å². The van der Waals surface area contributed by atoms with Gasteiger partial charge in [-0.3, -0.25) is 9.59 Å². The molecule has 264 valence electrons. The molecule has 3 amide bonds. The van der Waals surface area contributed by atoms with Crippen LogP contribution in [0.2, 0.25) is 0 Å². The largest absolute Gasteiger partial charge is 0.462 e. The number of nitrogens with one attached hydrogen (secondary N) is 2. The lowest BCUT2D eigenvalue weighted by molar-refractivity contribution is -0.148. The molecule has 0 radical (unpaired) electrons. The Kier molecular flexibility index (Phi) is 12.1. The average Bonchev–Trinajstić information content (AvgIpc) is 3.42. The molecule has 3 atom stereocenters. The molecule has 1 heterocycles. The number of fused-ring (bicyclic) bond motifs is 3. The van der Waals surface area contributed by atoms with Crippen LogP contribution in [0.1, 0.15) is 62.6 Å². The summed E-state index contributed by atoms with van der Waals surface area (Å²) < 4.78 is 11.4. The molecule has 10 nitrogen and oxygen atoms in total. The zero-order valence-electron chi connectivity index (χ0n) is 29.0. The monoisotopic (exact) mass is 681 g/mol. The molecule has 0 spiro atoms. The van der Waals surface area contributed by atoms with Gasteiger partial charge < -0.3 is 30.1 Å². The van der Waals surface area contributed by atoms with Crippen LogP contribution in [0.15, 0.2) is 91.0 Å². The van der Waals surface area contributed by atoms with Crippen molar-refractivity contribution in [3.63, 3.8) is 0 Å². The SMILES string of the molecule is CC(C)(C)[C@H]1COC(=O)[C@H](NC(=O)OCC2c3ccccc3-c3ccccc32)C/C=C\C[C@@H](CC(=O)N(CCO)Cc2ccccc2)C(=O)N1.